The summed E-state index contributed by atoms with van der Waals surface area (Å²) < 4.78 is 33.1. The lowest BCUT2D eigenvalue weighted by molar-refractivity contribution is -0.158. The van der Waals surface area contributed by atoms with Crippen LogP contribution < -0.4 is 4.72 Å². The van der Waals surface area contributed by atoms with Crippen LogP contribution in [0.5, 0.6) is 0 Å². The first kappa shape index (κ1) is 16.4. The van der Waals surface area contributed by atoms with E-state index in [1.54, 1.807) is 20.8 Å². The molecule has 0 amide bonds. The number of nitrogens with one attached hydrogen (secondary N) is 1. The van der Waals surface area contributed by atoms with Crippen molar-refractivity contribution < 1.29 is 17.9 Å². The van der Waals surface area contributed by atoms with Gasteiger partial charge >= 0.3 is 5.97 Å². The number of ether oxygens (including phenoxy) is 1. The lowest BCUT2D eigenvalue weighted by atomic mass is 10.2. The van der Waals surface area contributed by atoms with Gasteiger partial charge in [-0.2, -0.15) is 12.7 Å². The Morgan fingerprint density at radius 2 is 2.05 bits per heavy atom. The predicted molar refractivity (Wildman–Crippen MR) is 72.8 cm³/mol. The SMILES string of the molecule is CCCNS(=O)(=O)N1CCC[C@H]1C(=O)OC(C)(C)C. The second kappa shape index (κ2) is 6.19. The molecular weight excluding hydrogens is 268 g/mol. The van der Waals surface area contributed by atoms with Gasteiger partial charge in [0.1, 0.15) is 11.6 Å². The zero-order chi connectivity index (χ0) is 14.7. The molecule has 0 unspecified atom stereocenters. The van der Waals surface area contributed by atoms with Crippen molar-refractivity contribution in [2.24, 2.45) is 0 Å². The van der Waals surface area contributed by atoms with Gasteiger partial charge in [-0.3, -0.25) is 4.79 Å². The Bertz CT molecular complexity index is 414. The smallest absolute Gasteiger partial charge is 0.325 e. The number of rotatable bonds is 5. The van der Waals surface area contributed by atoms with E-state index in [1.165, 1.54) is 4.31 Å². The highest BCUT2D eigenvalue weighted by Crippen LogP contribution is 2.23. The van der Waals surface area contributed by atoms with E-state index in [0.29, 0.717) is 32.4 Å². The topological polar surface area (TPSA) is 75.7 Å². The fraction of sp³-hybridized carbons (Fsp3) is 0.917. The van der Waals surface area contributed by atoms with E-state index in [-0.39, 0.29) is 0 Å². The molecule has 1 rings (SSSR count). The van der Waals surface area contributed by atoms with Gasteiger partial charge in [0, 0.05) is 13.1 Å². The van der Waals surface area contributed by atoms with Gasteiger partial charge in [-0.05, 0) is 40.0 Å². The van der Waals surface area contributed by atoms with E-state index in [4.69, 9.17) is 4.74 Å². The van der Waals surface area contributed by atoms with Gasteiger partial charge in [0.05, 0.1) is 0 Å². The summed E-state index contributed by atoms with van der Waals surface area (Å²) in [6, 6.07) is -0.700. The Hall–Kier alpha value is -0.660. The molecule has 19 heavy (non-hydrogen) atoms. The van der Waals surface area contributed by atoms with E-state index in [1.807, 2.05) is 6.92 Å². The Morgan fingerprint density at radius 3 is 2.58 bits per heavy atom. The van der Waals surface area contributed by atoms with Crippen LogP contribution in [0.25, 0.3) is 0 Å². The van der Waals surface area contributed by atoms with Gasteiger partial charge in [-0.15, -0.1) is 0 Å². The quantitative estimate of drug-likeness (QED) is 0.768. The molecule has 6 nitrogen and oxygen atoms in total. The monoisotopic (exact) mass is 292 g/mol. The molecule has 112 valence electrons. The minimum Gasteiger partial charge on any atom is -0.459 e. The van der Waals surface area contributed by atoms with Crippen molar-refractivity contribution >= 4 is 16.2 Å². The van der Waals surface area contributed by atoms with Gasteiger partial charge in [-0.25, -0.2) is 4.72 Å². The molecule has 1 fully saturated rings. The molecule has 1 saturated heterocycles. The summed E-state index contributed by atoms with van der Waals surface area (Å²) in [6.45, 7) is 7.94. The summed E-state index contributed by atoms with van der Waals surface area (Å²) >= 11 is 0. The lowest BCUT2D eigenvalue weighted by Gasteiger charge is -2.26. The molecule has 1 N–H and O–H groups in total. The van der Waals surface area contributed by atoms with Crippen LogP contribution in [-0.2, 0) is 19.7 Å². The average molecular weight is 292 g/mol. The number of carbonyl (C=O) groups excluding carboxylic acids is 1. The first-order valence-electron chi connectivity index (χ1n) is 6.66. The predicted octanol–water partition coefficient (Wildman–Crippen LogP) is 1.04. The standard InChI is InChI=1S/C12H24N2O4S/c1-5-8-13-19(16,17)14-9-6-7-10(14)11(15)18-12(2,3)4/h10,13H,5-9H2,1-4H3/t10-/m0/s1. The highest BCUT2D eigenvalue weighted by atomic mass is 32.2. The third kappa shape index (κ3) is 4.74. The zero-order valence-corrected chi connectivity index (χ0v) is 12.9. The Labute approximate surface area is 115 Å². The van der Waals surface area contributed by atoms with Crippen molar-refractivity contribution in [2.75, 3.05) is 13.1 Å². The van der Waals surface area contributed by atoms with Gasteiger partial charge in [0.15, 0.2) is 0 Å². The molecule has 0 aromatic heterocycles. The van der Waals surface area contributed by atoms with E-state index >= 15 is 0 Å². The molecule has 0 spiro atoms. The maximum atomic E-state index is 12.1. The van der Waals surface area contributed by atoms with Crippen LogP contribution in [0.4, 0.5) is 0 Å². The van der Waals surface area contributed by atoms with Crippen molar-refractivity contribution in [1.82, 2.24) is 9.03 Å². The van der Waals surface area contributed by atoms with Crippen LogP contribution in [0.3, 0.4) is 0 Å². The van der Waals surface area contributed by atoms with Gasteiger partial charge in [-0.1, -0.05) is 6.92 Å². The van der Waals surface area contributed by atoms with E-state index in [0.717, 1.165) is 0 Å². The Kier molecular flexibility index (Phi) is 5.34. The molecule has 0 saturated carbocycles. The molecule has 0 aromatic carbocycles. The van der Waals surface area contributed by atoms with E-state index < -0.39 is 27.8 Å². The maximum Gasteiger partial charge on any atom is 0.325 e. The summed E-state index contributed by atoms with van der Waals surface area (Å²) in [5.41, 5.74) is -0.605. The molecule has 1 atom stereocenters. The van der Waals surface area contributed by atoms with Crippen LogP contribution in [-0.4, -0.2) is 43.4 Å². The highest BCUT2D eigenvalue weighted by Gasteiger charge is 2.40. The fourth-order valence-electron chi connectivity index (χ4n) is 1.95. The summed E-state index contributed by atoms with van der Waals surface area (Å²) in [6.07, 6.45) is 1.91. The first-order valence-corrected chi connectivity index (χ1v) is 8.10. The van der Waals surface area contributed by atoms with Crippen LogP contribution in [0, 0.1) is 0 Å². The molecule has 1 aliphatic heterocycles. The molecule has 1 aliphatic rings. The highest BCUT2D eigenvalue weighted by molar-refractivity contribution is 7.87. The zero-order valence-electron chi connectivity index (χ0n) is 12.1. The van der Waals surface area contributed by atoms with Crippen LogP contribution >= 0.6 is 0 Å². The van der Waals surface area contributed by atoms with Gasteiger partial charge < -0.3 is 4.74 Å². The van der Waals surface area contributed by atoms with Crippen molar-refractivity contribution in [3.8, 4) is 0 Å². The summed E-state index contributed by atoms with van der Waals surface area (Å²) in [5, 5.41) is 0. The van der Waals surface area contributed by atoms with Crippen LogP contribution in [0.2, 0.25) is 0 Å². The summed E-state index contributed by atoms with van der Waals surface area (Å²) in [4.78, 5) is 12.0. The van der Waals surface area contributed by atoms with Crippen LogP contribution in [0.1, 0.15) is 47.0 Å². The van der Waals surface area contributed by atoms with E-state index in [2.05, 4.69) is 4.72 Å². The van der Waals surface area contributed by atoms with Crippen molar-refractivity contribution in [3.05, 3.63) is 0 Å². The van der Waals surface area contributed by atoms with Gasteiger partial charge in [0.2, 0.25) is 0 Å². The third-order valence-electron chi connectivity index (χ3n) is 2.73. The second-order valence-electron chi connectivity index (χ2n) is 5.70. The lowest BCUT2D eigenvalue weighted by Crippen LogP contribution is -2.48. The molecule has 0 aromatic rings. The first-order chi connectivity index (χ1) is 8.67. The maximum absolute atomic E-state index is 12.1. The molecule has 0 radical (unpaired) electrons. The number of hydrogen-bond donors (Lipinski definition) is 1. The van der Waals surface area contributed by atoms with Gasteiger partial charge in [0.25, 0.3) is 10.2 Å². The van der Waals surface area contributed by atoms with Crippen molar-refractivity contribution in [3.63, 3.8) is 0 Å². The number of esters is 1. The molecule has 0 bridgehead atoms. The third-order valence-corrected chi connectivity index (χ3v) is 4.35. The summed E-state index contributed by atoms with van der Waals surface area (Å²) in [7, 11) is -3.59. The number of carbonyl (C=O) groups is 1. The minimum absolute atomic E-state index is 0.364. The second-order valence-corrected chi connectivity index (χ2v) is 7.41. The number of hydrogen-bond acceptors (Lipinski definition) is 4. The Balaban J connectivity index is 2.76. The molecular formula is C12H24N2O4S. The fourth-order valence-corrected chi connectivity index (χ4v) is 3.47. The van der Waals surface area contributed by atoms with Crippen molar-refractivity contribution in [2.45, 2.75) is 58.6 Å². The molecule has 0 aliphatic carbocycles. The normalized spacial score (nSPS) is 21.6. The molecule has 7 heteroatoms. The largest absolute Gasteiger partial charge is 0.459 e. The van der Waals surface area contributed by atoms with Crippen LogP contribution in [0.15, 0.2) is 0 Å². The summed E-state index contributed by atoms with van der Waals surface area (Å²) in [5.74, 6) is -0.466. The van der Waals surface area contributed by atoms with Crippen molar-refractivity contribution in [1.29, 1.82) is 0 Å². The average Bonchev–Trinajstić information content (AvgIpc) is 2.73. The van der Waals surface area contributed by atoms with E-state index in [9.17, 15) is 13.2 Å². The molecule has 1 heterocycles. The number of nitrogens with zero attached hydrogens (tertiary/aromatic N) is 1. The minimum atomic E-state index is -3.59. The Morgan fingerprint density at radius 1 is 1.42 bits per heavy atom.